The summed E-state index contributed by atoms with van der Waals surface area (Å²) in [6, 6.07) is 9.04. The van der Waals surface area contributed by atoms with Crippen LogP contribution in [0.4, 0.5) is 10.5 Å². The summed E-state index contributed by atoms with van der Waals surface area (Å²) < 4.78 is 1.74. The van der Waals surface area contributed by atoms with Gasteiger partial charge in [-0.3, -0.25) is 4.79 Å². The zero-order chi connectivity index (χ0) is 16.2. The lowest BCUT2D eigenvalue weighted by atomic mass is 9.97. The number of amides is 2. The number of aromatic nitrogens is 2. The Labute approximate surface area is 133 Å². The van der Waals surface area contributed by atoms with Crippen molar-refractivity contribution in [2.45, 2.75) is 12.8 Å². The Hall–Kier alpha value is -2.83. The van der Waals surface area contributed by atoms with Crippen LogP contribution >= 0.6 is 0 Å². The second-order valence-electron chi connectivity index (χ2n) is 5.53. The van der Waals surface area contributed by atoms with Gasteiger partial charge in [0.05, 0.1) is 11.6 Å². The van der Waals surface area contributed by atoms with E-state index in [4.69, 9.17) is 5.11 Å². The maximum atomic E-state index is 12.2. The number of likely N-dealkylation sites (tertiary alicyclic amines) is 1. The Bertz CT molecular complexity index is 674. The number of benzene rings is 1. The molecule has 2 heterocycles. The van der Waals surface area contributed by atoms with E-state index < -0.39 is 5.97 Å². The Morgan fingerprint density at radius 3 is 2.43 bits per heavy atom. The molecule has 0 aliphatic carbocycles. The third-order valence-corrected chi connectivity index (χ3v) is 4.02. The van der Waals surface area contributed by atoms with Crippen molar-refractivity contribution in [3.05, 3.63) is 42.7 Å². The number of aliphatic carboxylic acids is 1. The van der Waals surface area contributed by atoms with Gasteiger partial charge < -0.3 is 15.3 Å². The maximum Gasteiger partial charge on any atom is 0.321 e. The minimum absolute atomic E-state index is 0.194. The average molecular weight is 314 g/mol. The molecule has 0 bridgehead atoms. The first-order valence-electron chi connectivity index (χ1n) is 7.52. The van der Waals surface area contributed by atoms with Crippen LogP contribution in [0, 0.1) is 5.92 Å². The van der Waals surface area contributed by atoms with Crippen LogP contribution in [0.15, 0.2) is 42.7 Å². The average Bonchev–Trinajstić information content (AvgIpc) is 3.10. The number of urea groups is 1. The molecule has 3 rings (SSSR count). The molecule has 0 spiro atoms. The minimum Gasteiger partial charge on any atom is -0.481 e. The number of anilines is 1. The molecular formula is C16H18N4O3. The number of carboxylic acid groups (broad SMARTS) is 1. The largest absolute Gasteiger partial charge is 0.481 e. The summed E-state index contributed by atoms with van der Waals surface area (Å²) in [5, 5.41) is 16.0. The number of nitrogens with zero attached hydrogens (tertiary/aromatic N) is 3. The Morgan fingerprint density at radius 2 is 1.87 bits per heavy atom. The van der Waals surface area contributed by atoms with Gasteiger partial charge in [-0.2, -0.15) is 5.10 Å². The van der Waals surface area contributed by atoms with E-state index in [-0.39, 0.29) is 11.9 Å². The molecule has 23 heavy (non-hydrogen) atoms. The molecule has 1 aliphatic rings. The van der Waals surface area contributed by atoms with E-state index in [0.717, 1.165) is 5.69 Å². The summed E-state index contributed by atoms with van der Waals surface area (Å²) >= 11 is 0. The van der Waals surface area contributed by atoms with E-state index >= 15 is 0 Å². The lowest BCUT2D eigenvalue weighted by molar-refractivity contribution is -0.143. The topological polar surface area (TPSA) is 87.5 Å². The number of nitrogens with one attached hydrogen (secondary N) is 1. The van der Waals surface area contributed by atoms with Gasteiger partial charge in [0.1, 0.15) is 0 Å². The highest BCUT2D eigenvalue weighted by Gasteiger charge is 2.26. The first-order valence-corrected chi connectivity index (χ1v) is 7.52. The first-order chi connectivity index (χ1) is 11.1. The maximum absolute atomic E-state index is 12.2. The summed E-state index contributed by atoms with van der Waals surface area (Å²) in [5.41, 5.74) is 1.61. The van der Waals surface area contributed by atoms with E-state index in [1.54, 1.807) is 15.8 Å². The van der Waals surface area contributed by atoms with Crippen molar-refractivity contribution in [1.82, 2.24) is 14.7 Å². The minimum atomic E-state index is -0.778. The molecule has 1 fully saturated rings. The van der Waals surface area contributed by atoms with Gasteiger partial charge in [0.15, 0.2) is 0 Å². The predicted octanol–water partition coefficient (Wildman–Crippen LogP) is 2.20. The Morgan fingerprint density at radius 1 is 1.17 bits per heavy atom. The van der Waals surface area contributed by atoms with E-state index in [0.29, 0.717) is 31.6 Å². The number of hydrogen-bond donors (Lipinski definition) is 2. The molecule has 1 saturated heterocycles. The summed E-state index contributed by atoms with van der Waals surface area (Å²) in [4.78, 5) is 24.8. The quantitative estimate of drug-likeness (QED) is 0.909. The van der Waals surface area contributed by atoms with E-state index in [2.05, 4.69) is 10.4 Å². The van der Waals surface area contributed by atoms with Crippen molar-refractivity contribution in [2.24, 2.45) is 5.92 Å². The molecule has 0 radical (unpaired) electrons. The zero-order valence-electron chi connectivity index (χ0n) is 12.6. The van der Waals surface area contributed by atoms with Crippen LogP contribution in [0.1, 0.15) is 12.8 Å². The molecular weight excluding hydrogens is 296 g/mol. The van der Waals surface area contributed by atoms with Crippen molar-refractivity contribution >= 4 is 17.7 Å². The normalized spacial score (nSPS) is 15.4. The fraction of sp³-hybridized carbons (Fsp3) is 0.312. The highest BCUT2D eigenvalue weighted by molar-refractivity contribution is 5.89. The predicted molar refractivity (Wildman–Crippen MR) is 84.5 cm³/mol. The van der Waals surface area contributed by atoms with Crippen LogP contribution in [0.3, 0.4) is 0 Å². The van der Waals surface area contributed by atoms with Gasteiger partial charge in [-0.05, 0) is 43.2 Å². The van der Waals surface area contributed by atoms with Crippen LogP contribution in [-0.2, 0) is 4.79 Å². The number of carboxylic acids is 1. The standard InChI is InChI=1S/C16H18N4O3/c21-15(22)12-6-10-19(11-7-12)16(23)18-13-2-4-14(5-3-13)20-9-1-8-17-20/h1-5,8-9,12H,6-7,10-11H2,(H,18,23)(H,21,22). The zero-order valence-corrected chi connectivity index (χ0v) is 12.6. The highest BCUT2D eigenvalue weighted by atomic mass is 16.4. The molecule has 0 atom stereocenters. The molecule has 1 aromatic carbocycles. The molecule has 2 aromatic rings. The smallest absolute Gasteiger partial charge is 0.321 e. The highest BCUT2D eigenvalue weighted by Crippen LogP contribution is 2.19. The molecule has 0 unspecified atom stereocenters. The fourth-order valence-corrected chi connectivity index (χ4v) is 2.65. The van der Waals surface area contributed by atoms with Gasteiger partial charge in [-0.1, -0.05) is 0 Å². The third-order valence-electron chi connectivity index (χ3n) is 4.02. The lowest BCUT2D eigenvalue weighted by Gasteiger charge is -2.30. The van der Waals surface area contributed by atoms with E-state index in [1.807, 2.05) is 36.5 Å². The number of hydrogen-bond acceptors (Lipinski definition) is 3. The van der Waals surface area contributed by atoms with Crippen molar-refractivity contribution < 1.29 is 14.7 Å². The summed E-state index contributed by atoms with van der Waals surface area (Å²) in [6.45, 7) is 0.933. The van der Waals surface area contributed by atoms with Crippen LogP contribution in [0.5, 0.6) is 0 Å². The number of rotatable bonds is 3. The summed E-state index contributed by atoms with van der Waals surface area (Å²) in [5.74, 6) is -1.12. The van der Waals surface area contributed by atoms with Gasteiger partial charge in [-0.25, -0.2) is 9.48 Å². The number of carbonyl (C=O) groups excluding carboxylic acids is 1. The molecule has 7 nitrogen and oxygen atoms in total. The summed E-state index contributed by atoms with van der Waals surface area (Å²) in [6.07, 6.45) is 4.55. The lowest BCUT2D eigenvalue weighted by Crippen LogP contribution is -2.42. The van der Waals surface area contributed by atoms with Gasteiger partial charge in [0.25, 0.3) is 0 Å². The second kappa shape index (κ2) is 6.51. The fourth-order valence-electron chi connectivity index (χ4n) is 2.65. The molecule has 1 aliphatic heterocycles. The summed E-state index contributed by atoms with van der Waals surface area (Å²) in [7, 11) is 0. The van der Waals surface area contributed by atoms with Gasteiger partial charge in [-0.15, -0.1) is 0 Å². The van der Waals surface area contributed by atoms with Crippen molar-refractivity contribution in [2.75, 3.05) is 18.4 Å². The number of piperidine rings is 1. The van der Waals surface area contributed by atoms with Crippen molar-refractivity contribution in [3.8, 4) is 5.69 Å². The van der Waals surface area contributed by atoms with Crippen LogP contribution in [-0.4, -0.2) is 44.9 Å². The molecule has 120 valence electrons. The molecule has 0 saturated carbocycles. The first kappa shape index (κ1) is 15.1. The molecule has 7 heteroatoms. The van der Waals surface area contributed by atoms with Gasteiger partial charge >= 0.3 is 12.0 Å². The van der Waals surface area contributed by atoms with E-state index in [1.165, 1.54) is 0 Å². The van der Waals surface area contributed by atoms with Crippen LogP contribution in [0.25, 0.3) is 5.69 Å². The van der Waals surface area contributed by atoms with E-state index in [9.17, 15) is 9.59 Å². The second-order valence-corrected chi connectivity index (χ2v) is 5.53. The molecule has 2 N–H and O–H groups in total. The van der Waals surface area contributed by atoms with Crippen molar-refractivity contribution in [3.63, 3.8) is 0 Å². The molecule has 2 amide bonds. The Balaban J connectivity index is 1.57. The van der Waals surface area contributed by atoms with Crippen molar-refractivity contribution in [1.29, 1.82) is 0 Å². The SMILES string of the molecule is O=C(O)C1CCN(C(=O)Nc2ccc(-n3cccn3)cc2)CC1. The number of carbonyl (C=O) groups is 2. The third kappa shape index (κ3) is 3.50. The Kier molecular flexibility index (Phi) is 4.27. The van der Waals surface area contributed by atoms with Crippen LogP contribution < -0.4 is 5.32 Å². The monoisotopic (exact) mass is 314 g/mol. The van der Waals surface area contributed by atoms with Crippen LogP contribution in [0.2, 0.25) is 0 Å². The van der Waals surface area contributed by atoms with Gasteiger partial charge in [0, 0.05) is 31.2 Å². The molecule has 1 aromatic heterocycles. The van der Waals surface area contributed by atoms with Gasteiger partial charge in [0.2, 0.25) is 0 Å².